The van der Waals surface area contributed by atoms with Crippen molar-refractivity contribution in [2.45, 2.75) is 0 Å². The van der Waals surface area contributed by atoms with Gasteiger partial charge in [0.15, 0.2) is 23.3 Å². The fourth-order valence-electron chi connectivity index (χ4n) is 0.671. The van der Waals surface area contributed by atoms with Crippen LogP contribution >= 0.6 is 9.24 Å². The molecule has 1 aromatic rings. The molecule has 1 unspecified atom stereocenters. The summed E-state index contributed by atoms with van der Waals surface area (Å²) in [5.41, 5.74) is 3.77. The van der Waals surface area contributed by atoms with Crippen molar-refractivity contribution in [2.75, 3.05) is 5.73 Å². The van der Waals surface area contributed by atoms with Crippen molar-refractivity contribution in [3.05, 3.63) is 23.3 Å². The Morgan fingerprint density at radius 3 is 1.83 bits per heavy atom. The van der Waals surface area contributed by atoms with Crippen LogP contribution in [-0.2, 0) is 0 Å². The molecule has 0 fully saturated rings. The molecule has 66 valence electrons. The van der Waals surface area contributed by atoms with E-state index in [1.165, 1.54) is 0 Å². The molecule has 0 spiro atoms. The highest BCUT2D eigenvalue weighted by molar-refractivity contribution is 7.27. The van der Waals surface area contributed by atoms with Crippen LogP contribution in [0.1, 0.15) is 0 Å². The Morgan fingerprint density at radius 1 is 0.833 bits per heavy atom. The standard InChI is InChI=1S/C6H4F4NP/c7-1-2(8)5(11)4(10)6(12)3(1)9/h11-12H2. The van der Waals surface area contributed by atoms with Gasteiger partial charge in [0.2, 0.25) is 0 Å². The van der Waals surface area contributed by atoms with Gasteiger partial charge in [-0.1, -0.05) is 9.24 Å². The van der Waals surface area contributed by atoms with Crippen LogP contribution in [0.4, 0.5) is 23.2 Å². The summed E-state index contributed by atoms with van der Waals surface area (Å²) in [6, 6.07) is 0. The number of hydrogen-bond acceptors (Lipinski definition) is 1. The van der Waals surface area contributed by atoms with Crippen molar-refractivity contribution in [3.8, 4) is 0 Å². The summed E-state index contributed by atoms with van der Waals surface area (Å²) in [6.45, 7) is 0. The summed E-state index contributed by atoms with van der Waals surface area (Å²) in [4.78, 5) is 0. The molecule has 12 heavy (non-hydrogen) atoms. The molecule has 0 aliphatic heterocycles. The monoisotopic (exact) mass is 197 g/mol. The number of benzene rings is 1. The van der Waals surface area contributed by atoms with Gasteiger partial charge in [-0.15, -0.1) is 0 Å². The number of nitrogen functional groups attached to an aromatic ring is 1. The first-order valence-corrected chi connectivity index (χ1v) is 3.41. The average Bonchev–Trinajstić information content (AvgIpc) is 2.08. The molecule has 0 aliphatic rings. The molecule has 0 saturated carbocycles. The van der Waals surface area contributed by atoms with Gasteiger partial charge >= 0.3 is 0 Å². The van der Waals surface area contributed by atoms with E-state index in [9.17, 15) is 17.6 Å². The van der Waals surface area contributed by atoms with Crippen LogP contribution in [0.15, 0.2) is 0 Å². The van der Waals surface area contributed by atoms with E-state index in [0.29, 0.717) is 0 Å². The molecule has 0 radical (unpaired) electrons. The first-order chi connectivity index (χ1) is 5.46. The number of anilines is 1. The number of rotatable bonds is 0. The summed E-state index contributed by atoms with van der Waals surface area (Å²) in [6.07, 6.45) is 0. The Labute approximate surface area is 67.8 Å². The minimum atomic E-state index is -1.76. The van der Waals surface area contributed by atoms with Crippen LogP contribution in [0.3, 0.4) is 0 Å². The molecule has 0 heterocycles. The third-order valence-electron chi connectivity index (χ3n) is 1.33. The predicted molar refractivity (Wildman–Crippen MR) is 40.0 cm³/mol. The summed E-state index contributed by atoms with van der Waals surface area (Å²) in [7, 11) is 1.60. The van der Waals surface area contributed by atoms with Crippen molar-refractivity contribution < 1.29 is 17.6 Å². The van der Waals surface area contributed by atoms with Crippen molar-refractivity contribution >= 4 is 20.2 Å². The number of hydrogen-bond donors (Lipinski definition) is 1. The molecule has 0 aliphatic carbocycles. The highest BCUT2D eigenvalue weighted by atomic mass is 31.0. The van der Waals surface area contributed by atoms with E-state index in [0.717, 1.165) is 0 Å². The normalized spacial score (nSPS) is 10.4. The summed E-state index contributed by atoms with van der Waals surface area (Å²) in [5, 5.41) is -0.702. The SMILES string of the molecule is Nc1c(F)c(F)c(F)c(P)c1F. The molecular weight excluding hydrogens is 193 g/mol. The van der Waals surface area contributed by atoms with Crippen molar-refractivity contribution in [1.29, 1.82) is 0 Å². The Kier molecular flexibility index (Phi) is 2.24. The second-order valence-corrected chi connectivity index (χ2v) is 2.66. The van der Waals surface area contributed by atoms with Crippen molar-refractivity contribution in [1.82, 2.24) is 0 Å². The highest BCUT2D eigenvalue weighted by Crippen LogP contribution is 2.20. The van der Waals surface area contributed by atoms with Crippen LogP contribution in [0.25, 0.3) is 0 Å². The lowest BCUT2D eigenvalue weighted by Gasteiger charge is -2.04. The van der Waals surface area contributed by atoms with Gasteiger partial charge in [0, 0.05) is 5.30 Å². The Balaban J connectivity index is 3.60. The molecular formula is C6H4F4NP. The molecule has 2 N–H and O–H groups in total. The lowest BCUT2D eigenvalue weighted by molar-refractivity contribution is 0.444. The Hall–Kier alpha value is -0.830. The summed E-state index contributed by atoms with van der Waals surface area (Å²) >= 11 is 0. The van der Waals surface area contributed by atoms with Gasteiger partial charge < -0.3 is 5.73 Å². The summed E-state index contributed by atoms with van der Waals surface area (Å²) < 4.78 is 50.0. The van der Waals surface area contributed by atoms with Gasteiger partial charge in [-0.05, 0) is 0 Å². The lowest BCUT2D eigenvalue weighted by Crippen LogP contribution is -2.14. The third kappa shape index (κ3) is 1.14. The minimum Gasteiger partial charge on any atom is -0.394 e. The van der Waals surface area contributed by atoms with Gasteiger partial charge in [-0.25, -0.2) is 17.6 Å². The molecule has 0 aromatic heterocycles. The quantitative estimate of drug-likeness (QED) is 0.219. The predicted octanol–water partition coefficient (Wildman–Crippen LogP) is 1.33. The van der Waals surface area contributed by atoms with E-state index in [1.807, 2.05) is 0 Å². The second-order valence-electron chi connectivity index (χ2n) is 2.08. The smallest absolute Gasteiger partial charge is 0.197 e. The minimum absolute atomic E-state index is 0.702. The molecule has 1 aromatic carbocycles. The maximum absolute atomic E-state index is 12.6. The average molecular weight is 197 g/mol. The fourth-order valence-corrected chi connectivity index (χ4v) is 0.953. The molecule has 0 amide bonds. The second kappa shape index (κ2) is 2.90. The van der Waals surface area contributed by atoms with Crippen LogP contribution in [0.5, 0.6) is 0 Å². The van der Waals surface area contributed by atoms with Gasteiger partial charge in [0.25, 0.3) is 0 Å². The zero-order chi connectivity index (χ0) is 9.46. The largest absolute Gasteiger partial charge is 0.394 e. The maximum Gasteiger partial charge on any atom is 0.197 e. The van der Waals surface area contributed by atoms with E-state index in [-0.39, 0.29) is 0 Å². The molecule has 0 saturated heterocycles. The van der Waals surface area contributed by atoms with Gasteiger partial charge in [-0.2, -0.15) is 0 Å². The topological polar surface area (TPSA) is 26.0 Å². The van der Waals surface area contributed by atoms with E-state index in [2.05, 4.69) is 0 Å². The van der Waals surface area contributed by atoms with E-state index in [4.69, 9.17) is 5.73 Å². The van der Waals surface area contributed by atoms with Gasteiger partial charge in [-0.3, -0.25) is 0 Å². The highest BCUT2D eigenvalue weighted by Gasteiger charge is 2.20. The van der Waals surface area contributed by atoms with Crippen LogP contribution in [-0.4, -0.2) is 0 Å². The zero-order valence-corrected chi connectivity index (χ0v) is 6.82. The third-order valence-corrected chi connectivity index (χ3v) is 1.84. The Morgan fingerprint density at radius 2 is 1.33 bits per heavy atom. The molecule has 6 heteroatoms. The fraction of sp³-hybridized carbons (Fsp3) is 0. The molecule has 1 rings (SSSR count). The Bertz CT molecular complexity index is 234. The van der Waals surface area contributed by atoms with E-state index in [1.54, 1.807) is 9.24 Å². The number of nitrogens with two attached hydrogens (primary N) is 1. The van der Waals surface area contributed by atoms with E-state index >= 15 is 0 Å². The molecule has 1 nitrogen and oxygen atoms in total. The van der Waals surface area contributed by atoms with Crippen LogP contribution in [0, 0.1) is 23.3 Å². The molecule has 0 bridgehead atoms. The molecule has 1 atom stereocenters. The van der Waals surface area contributed by atoms with Gasteiger partial charge in [0.1, 0.15) is 5.69 Å². The summed E-state index contributed by atoms with van der Waals surface area (Å²) in [5.74, 6) is -6.34. The zero-order valence-electron chi connectivity index (χ0n) is 5.67. The van der Waals surface area contributed by atoms with Gasteiger partial charge in [0.05, 0.1) is 0 Å². The van der Waals surface area contributed by atoms with E-state index < -0.39 is 34.3 Å². The first kappa shape index (κ1) is 9.26. The maximum atomic E-state index is 12.6. The lowest BCUT2D eigenvalue weighted by atomic mass is 10.2. The number of halogens is 4. The first-order valence-electron chi connectivity index (χ1n) is 2.83. The van der Waals surface area contributed by atoms with Crippen molar-refractivity contribution in [3.63, 3.8) is 0 Å². The van der Waals surface area contributed by atoms with Crippen LogP contribution < -0.4 is 11.0 Å². The van der Waals surface area contributed by atoms with Crippen molar-refractivity contribution in [2.24, 2.45) is 0 Å². The van der Waals surface area contributed by atoms with Crippen LogP contribution in [0.2, 0.25) is 0 Å².